The zero-order valence-electron chi connectivity index (χ0n) is 12.4. The molecule has 2 aromatic carbocycles. The minimum Gasteiger partial charge on any atom is -0.496 e. The molecule has 3 N–H and O–H groups in total. The number of aliphatic carboxylic acids is 1. The molecule has 4 nitrogen and oxygen atoms in total. The number of aryl methyl sites for hydroxylation is 1. The van der Waals surface area contributed by atoms with Gasteiger partial charge in [-0.3, -0.25) is 4.79 Å². The molecule has 0 aliphatic rings. The van der Waals surface area contributed by atoms with Crippen molar-refractivity contribution in [2.75, 3.05) is 7.11 Å². The van der Waals surface area contributed by atoms with E-state index in [1.54, 1.807) is 7.11 Å². The quantitative estimate of drug-likeness (QED) is 0.857. The number of halogens is 1. The first-order valence-corrected chi connectivity index (χ1v) is 6.82. The highest BCUT2D eigenvalue weighted by atomic mass is 35.5. The fraction of sp³-hybridized carbons (Fsp3) is 0.235. The van der Waals surface area contributed by atoms with Gasteiger partial charge in [0, 0.05) is 5.56 Å². The molecule has 2 aromatic rings. The van der Waals surface area contributed by atoms with Crippen LogP contribution in [0.4, 0.5) is 0 Å². The highest BCUT2D eigenvalue weighted by molar-refractivity contribution is 5.85. The maximum Gasteiger partial charge on any atom is 0.320 e. The van der Waals surface area contributed by atoms with Crippen molar-refractivity contribution >= 4 is 18.4 Å². The summed E-state index contributed by atoms with van der Waals surface area (Å²) in [6.07, 6.45) is 1.02. The summed E-state index contributed by atoms with van der Waals surface area (Å²) in [5.41, 5.74) is 8.65. The van der Waals surface area contributed by atoms with Gasteiger partial charge in [0.2, 0.25) is 0 Å². The van der Waals surface area contributed by atoms with Gasteiger partial charge in [0.1, 0.15) is 11.8 Å². The van der Waals surface area contributed by atoms with Crippen LogP contribution in [0.25, 0.3) is 11.1 Å². The normalized spacial score (nSPS) is 11.4. The molecule has 0 radical (unpaired) electrons. The lowest BCUT2D eigenvalue weighted by atomic mass is 9.99. The smallest absolute Gasteiger partial charge is 0.320 e. The fourth-order valence-electron chi connectivity index (χ4n) is 2.19. The lowest BCUT2D eigenvalue weighted by Gasteiger charge is -2.12. The fourth-order valence-corrected chi connectivity index (χ4v) is 2.19. The van der Waals surface area contributed by atoms with Gasteiger partial charge >= 0.3 is 5.97 Å². The van der Waals surface area contributed by atoms with E-state index in [0.29, 0.717) is 12.8 Å². The Hall–Kier alpha value is -2.04. The van der Waals surface area contributed by atoms with Crippen LogP contribution in [0.1, 0.15) is 12.0 Å². The Morgan fingerprint density at radius 1 is 1.23 bits per heavy atom. The third kappa shape index (κ3) is 4.48. The molecule has 1 unspecified atom stereocenters. The maximum atomic E-state index is 10.7. The third-order valence-electron chi connectivity index (χ3n) is 3.41. The van der Waals surface area contributed by atoms with Crippen molar-refractivity contribution < 1.29 is 14.6 Å². The van der Waals surface area contributed by atoms with Crippen molar-refractivity contribution in [2.24, 2.45) is 5.73 Å². The van der Waals surface area contributed by atoms with Crippen molar-refractivity contribution in [2.45, 2.75) is 18.9 Å². The molecular formula is C17H20ClNO3. The molecule has 0 aliphatic carbocycles. The van der Waals surface area contributed by atoms with Gasteiger partial charge in [-0.15, -0.1) is 12.4 Å². The Bertz CT molecular complexity index is 617. The zero-order valence-corrected chi connectivity index (χ0v) is 13.2. The summed E-state index contributed by atoms with van der Waals surface area (Å²) in [5, 5.41) is 8.80. The van der Waals surface area contributed by atoms with Crippen molar-refractivity contribution in [1.29, 1.82) is 0 Å². The molecule has 118 valence electrons. The zero-order chi connectivity index (χ0) is 15.2. The van der Waals surface area contributed by atoms with Crippen LogP contribution in [0.3, 0.4) is 0 Å². The van der Waals surface area contributed by atoms with Gasteiger partial charge in [-0.2, -0.15) is 0 Å². The van der Waals surface area contributed by atoms with Crippen LogP contribution in [-0.2, 0) is 11.2 Å². The van der Waals surface area contributed by atoms with E-state index < -0.39 is 12.0 Å². The summed E-state index contributed by atoms with van der Waals surface area (Å²) in [6, 6.07) is 15.1. The average molecular weight is 322 g/mol. The van der Waals surface area contributed by atoms with Gasteiger partial charge < -0.3 is 15.6 Å². The molecule has 0 aliphatic heterocycles. The van der Waals surface area contributed by atoms with E-state index >= 15 is 0 Å². The van der Waals surface area contributed by atoms with Crippen LogP contribution in [0.5, 0.6) is 5.75 Å². The van der Waals surface area contributed by atoms with E-state index in [2.05, 4.69) is 0 Å². The van der Waals surface area contributed by atoms with Crippen LogP contribution in [-0.4, -0.2) is 24.2 Å². The summed E-state index contributed by atoms with van der Waals surface area (Å²) in [6.45, 7) is 0. The Morgan fingerprint density at radius 3 is 2.50 bits per heavy atom. The molecule has 0 spiro atoms. The van der Waals surface area contributed by atoms with Gasteiger partial charge in [-0.25, -0.2) is 0 Å². The summed E-state index contributed by atoms with van der Waals surface area (Å²) in [5.74, 6) is -0.189. The van der Waals surface area contributed by atoms with Crippen molar-refractivity contribution in [3.05, 3.63) is 54.1 Å². The van der Waals surface area contributed by atoms with E-state index in [0.717, 1.165) is 22.4 Å². The van der Waals surface area contributed by atoms with Crippen LogP contribution in [0.2, 0.25) is 0 Å². The summed E-state index contributed by atoms with van der Waals surface area (Å²) in [4.78, 5) is 10.7. The van der Waals surface area contributed by atoms with Gasteiger partial charge in [0.25, 0.3) is 0 Å². The number of carboxylic acids is 1. The van der Waals surface area contributed by atoms with E-state index in [9.17, 15) is 4.79 Å². The SMILES string of the molecule is COc1cc(CCC(N)C(=O)O)ccc1-c1ccccc1.Cl. The van der Waals surface area contributed by atoms with Crippen molar-refractivity contribution in [3.8, 4) is 16.9 Å². The Labute approximate surface area is 136 Å². The van der Waals surface area contributed by atoms with Gasteiger partial charge in [-0.05, 0) is 30.0 Å². The molecule has 0 heterocycles. The predicted molar refractivity (Wildman–Crippen MR) is 89.6 cm³/mol. The molecule has 1 atom stereocenters. The molecule has 22 heavy (non-hydrogen) atoms. The number of methoxy groups -OCH3 is 1. The Kier molecular flexibility index (Phi) is 6.89. The molecule has 0 amide bonds. The van der Waals surface area contributed by atoms with Crippen LogP contribution < -0.4 is 10.5 Å². The van der Waals surface area contributed by atoms with Crippen molar-refractivity contribution in [1.82, 2.24) is 0 Å². The van der Waals surface area contributed by atoms with E-state index in [1.807, 2.05) is 48.5 Å². The molecule has 0 fully saturated rings. The van der Waals surface area contributed by atoms with Gasteiger partial charge in [-0.1, -0.05) is 42.5 Å². The average Bonchev–Trinajstić information content (AvgIpc) is 2.53. The second-order valence-electron chi connectivity index (χ2n) is 4.88. The lowest BCUT2D eigenvalue weighted by Crippen LogP contribution is -2.30. The number of ether oxygens (including phenoxy) is 1. The number of hydrogen-bond acceptors (Lipinski definition) is 3. The Morgan fingerprint density at radius 2 is 1.91 bits per heavy atom. The number of nitrogens with two attached hydrogens (primary N) is 1. The number of rotatable bonds is 6. The first-order chi connectivity index (χ1) is 10.1. The third-order valence-corrected chi connectivity index (χ3v) is 3.41. The summed E-state index contributed by atoms with van der Waals surface area (Å²) < 4.78 is 5.45. The molecule has 0 saturated carbocycles. The first kappa shape index (κ1) is 18.0. The number of carbonyl (C=O) groups is 1. The highest BCUT2D eigenvalue weighted by Gasteiger charge is 2.12. The molecule has 2 rings (SSSR count). The summed E-state index contributed by atoms with van der Waals surface area (Å²) >= 11 is 0. The number of benzene rings is 2. The minimum atomic E-state index is -0.970. The molecular weight excluding hydrogens is 302 g/mol. The lowest BCUT2D eigenvalue weighted by molar-refractivity contribution is -0.138. The second-order valence-corrected chi connectivity index (χ2v) is 4.88. The molecule has 5 heteroatoms. The van der Waals surface area contributed by atoms with E-state index in [-0.39, 0.29) is 12.4 Å². The van der Waals surface area contributed by atoms with Crippen LogP contribution in [0, 0.1) is 0 Å². The first-order valence-electron chi connectivity index (χ1n) is 6.82. The van der Waals surface area contributed by atoms with Gasteiger partial charge in [0.15, 0.2) is 0 Å². The standard InChI is InChI=1S/C17H19NO3.ClH/c1-21-16-11-12(8-10-15(18)17(19)20)7-9-14(16)13-5-3-2-4-6-13;/h2-7,9,11,15H,8,10,18H2,1H3,(H,19,20);1H. The largest absolute Gasteiger partial charge is 0.496 e. The van der Waals surface area contributed by atoms with Crippen LogP contribution in [0.15, 0.2) is 48.5 Å². The topological polar surface area (TPSA) is 72.5 Å². The Balaban J connectivity index is 0.00000242. The minimum absolute atomic E-state index is 0. The predicted octanol–water partition coefficient (Wildman–Crippen LogP) is 3.13. The van der Waals surface area contributed by atoms with E-state index in [4.69, 9.17) is 15.6 Å². The number of hydrogen-bond donors (Lipinski definition) is 2. The number of carboxylic acid groups (broad SMARTS) is 1. The van der Waals surface area contributed by atoms with Crippen molar-refractivity contribution in [3.63, 3.8) is 0 Å². The highest BCUT2D eigenvalue weighted by Crippen LogP contribution is 2.31. The van der Waals surface area contributed by atoms with Crippen LogP contribution >= 0.6 is 12.4 Å². The molecule has 0 saturated heterocycles. The molecule has 0 aromatic heterocycles. The molecule has 0 bridgehead atoms. The summed E-state index contributed by atoms with van der Waals surface area (Å²) in [7, 11) is 1.63. The maximum absolute atomic E-state index is 10.7. The van der Waals surface area contributed by atoms with Gasteiger partial charge in [0.05, 0.1) is 7.11 Å². The van der Waals surface area contributed by atoms with E-state index in [1.165, 1.54) is 0 Å². The second kappa shape index (κ2) is 8.41. The monoisotopic (exact) mass is 321 g/mol.